The second-order valence-corrected chi connectivity index (χ2v) is 4.31. The Balaban J connectivity index is 1.99. The van der Waals surface area contributed by atoms with Crippen molar-refractivity contribution in [3.8, 4) is 0 Å². The fraction of sp³-hybridized carbons (Fsp3) is 1.00. The van der Waals surface area contributed by atoms with Crippen LogP contribution in [0, 0.1) is 17.8 Å². The van der Waals surface area contributed by atoms with Crippen LogP contribution in [-0.4, -0.2) is 24.8 Å². The molecule has 1 heterocycles. The molecule has 2 rings (SSSR count). The molecule has 1 aliphatic carbocycles. The van der Waals surface area contributed by atoms with Crippen LogP contribution in [-0.2, 0) is 0 Å². The first-order valence-electron chi connectivity index (χ1n) is 5.23. The SMILES string of the molecule is OCC1CNCC2CCCCC12. The summed E-state index contributed by atoms with van der Waals surface area (Å²) in [7, 11) is 0. The molecule has 0 radical (unpaired) electrons. The topological polar surface area (TPSA) is 32.3 Å². The average Bonchev–Trinajstić information content (AvgIpc) is 2.17. The molecule has 1 saturated carbocycles. The van der Waals surface area contributed by atoms with E-state index in [1.54, 1.807) is 0 Å². The van der Waals surface area contributed by atoms with Gasteiger partial charge in [0.25, 0.3) is 0 Å². The number of aliphatic hydroxyl groups is 1. The highest BCUT2D eigenvalue weighted by Crippen LogP contribution is 2.36. The molecule has 12 heavy (non-hydrogen) atoms. The monoisotopic (exact) mass is 169 g/mol. The summed E-state index contributed by atoms with van der Waals surface area (Å²) in [5.74, 6) is 2.23. The van der Waals surface area contributed by atoms with Crippen LogP contribution >= 0.6 is 0 Å². The number of hydrogen-bond acceptors (Lipinski definition) is 2. The van der Waals surface area contributed by atoms with Crippen molar-refractivity contribution in [3.05, 3.63) is 0 Å². The van der Waals surface area contributed by atoms with Gasteiger partial charge >= 0.3 is 0 Å². The fourth-order valence-electron chi connectivity index (χ4n) is 2.92. The second-order valence-electron chi connectivity index (χ2n) is 4.31. The highest BCUT2D eigenvalue weighted by molar-refractivity contribution is 4.86. The Kier molecular flexibility index (Phi) is 2.66. The first kappa shape index (κ1) is 8.52. The molecule has 0 amide bonds. The molecule has 2 fully saturated rings. The Bertz CT molecular complexity index is 140. The third-order valence-electron chi connectivity index (χ3n) is 3.62. The van der Waals surface area contributed by atoms with E-state index in [0.717, 1.165) is 18.4 Å². The quantitative estimate of drug-likeness (QED) is 0.614. The minimum Gasteiger partial charge on any atom is -0.396 e. The van der Waals surface area contributed by atoms with Crippen LogP contribution in [0.2, 0.25) is 0 Å². The van der Waals surface area contributed by atoms with E-state index in [4.69, 9.17) is 0 Å². The van der Waals surface area contributed by atoms with E-state index in [-0.39, 0.29) is 0 Å². The van der Waals surface area contributed by atoms with Gasteiger partial charge in [0.2, 0.25) is 0 Å². The largest absolute Gasteiger partial charge is 0.396 e. The molecule has 2 N–H and O–H groups in total. The standard InChI is InChI=1S/C10H19NO/c12-7-9-6-11-5-8-3-1-2-4-10(8)9/h8-12H,1-7H2. The first-order chi connectivity index (χ1) is 5.92. The van der Waals surface area contributed by atoms with Gasteiger partial charge in [0.1, 0.15) is 0 Å². The third kappa shape index (κ3) is 1.50. The van der Waals surface area contributed by atoms with E-state index in [1.165, 1.54) is 32.2 Å². The molecule has 1 saturated heterocycles. The molecule has 2 heteroatoms. The van der Waals surface area contributed by atoms with Crippen LogP contribution in [0.3, 0.4) is 0 Å². The van der Waals surface area contributed by atoms with Gasteiger partial charge in [0, 0.05) is 13.2 Å². The van der Waals surface area contributed by atoms with Crippen molar-refractivity contribution in [1.29, 1.82) is 0 Å². The smallest absolute Gasteiger partial charge is 0.0474 e. The van der Waals surface area contributed by atoms with Crippen molar-refractivity contribution in [2.24, 2.45) is 17.8 Å². The molecule has 70 valence electrons. The summed E-state index contributed by atoms with van der Waals surface area (Å²) in [5.41, 5.74) is 0. The van der Waals surface area contributed by atoms with Gasteiger partial charge in [-0.1, -0.05) is 12.8 Å². The van der Waals surface area contributed by atoms with E-state index in [0.29, 0.717) is 12.5 Å². The molecule has 1 aliphatic heterocycles. The number of aliphatic hydroxyl groups excluding tert-OH is 1. The van der Waals surface area contributed by atoms with E-state index >= 15 is 0 Å². The van der Waals surface area contributed by atoms with Gasteiger partial charge < -0.3 is 10.4 Å². The van der Waals surface area contributed by atoms with Gasteiger partial charge in [0.15, 0.2) is 0 Å². The number of rotatable bonds is 1. The highest BCUT2D eigenvalue weighted by Gasteiger charge is 2.33. The van der Waals surface area contributed by atoms with Crippen LogP contribution < -0.4 is 5.32 Å². The lowest BCUT2D eigenvalue weighted by Crippen LogP contribution is -2.46. The molecule has 0 aromatic rings. The number of fused-ring (bicyclic) bond motifs is 1. The first-order valence-corrected chi connectivity index (χ1v) is 5.23. The van der Waals surface area contributed by atoms with E-state index in [1.807, 2.05) is 0 Å². The van der Waals surface area contributed by atoms with Gasteiger partial charge in [-0.25, -0.2) is 0 Å². The van der Waals surface area contributed by atoms with Gasteiger partial charge in [-0.15, -0.1) is 0 Å². The highest BCUT2D eigenvalue weighted by atomic mass is 16.3. The molecule has 0 spiro atoms. The molecule has 2 aliphatic rings. The Morgan fingerprint density at radius 1 is 1.17 bits per heavy atom. The lowest BCUT2D eigenvalue weighted by atomic mass is 9.70. The number of piperidine rings is 1. The molecule has 3 atom stereocenters. The Labute approximate surface area is 74.4 Å². The van der Waals surface area contributed by atoms with Crippen molar-refractivity contribution >= 4 is 0 Å². The predicted octanol–water partition coefficient (Wildman–Crippen LogP) is 1.00. The lowest BCUT2D eigenvalue weighted by molar-refractivity contribution is 0.0728. The summed E-state index contributed by atoms with van der Waals surface area (Å²) in [6, 6.07) is 0. The molecule has 0 aromatic heterocycles. The van der Waals surface area contributed by atoms with E-state index in [9.17, 15) is 5.11 Å². The maximum Gasteiger partial charge on any atom is 0.0474 e. The molecular formula is C10H19NO. The van der Waals surface area contributed by atoms with Crippen molar-refractivity contribution < 1.29 is 5.11 Å². The van der Waals surface area contributed by atoms with Gasteiger partial charge in [-0.2, -0.15) is 0 Å². The Morgan fingerprint density at radius 3 is 2.83 bits per heavy atom. The van der Waals surface area contributed by atoms with Crippen LogP contribution in [0.5, 0.6) is 0 Å². The average molecular weight is 169 g/mol. The summed E-state index contributed by atoms with van der Waals surface area (Å²) in [6.45, 7) is 2.62. The second kappa shape index (κ2) is 3.75. The Morgan fingerprint density at radius 2 is 2.00 bits per heavy atom. The van der Waals surface area contributed by atoms with Crippen LogP contribution in [0.4, 0.5) is 0 Å². The minimum atomic E-state index is 0.383. The molecular weight excluding hydrogens is 150 g/mol. The van der Waals surface area contributed by atoms with E-state index < -0.39 is 0 Å². The maximum atomic E-state index is 9.19. The maximum absolute atomic E-state index is 9.19. The molecule has 0 aromatic carbocycles. The van der Waals surface area contributed by atoms with Gasteiger partial charge in [0.05, 0.1) is 0 Å². The summed E-state index contributed by atoms with van der Waals surface area (Å²) in [4.78, 5) is 0. The minimum absolute atomic E-state index is 0.383. The van der Waals surface area contributed by atoms with Crippen LogP contribution in [0.1, 0.15) is 25.7 Å². The zero-order valence-corrected chi connectivity index (χ0v) is 7.63. The normalized spacial score (nSPS) is 42.2. The Hall–Kier alpha value is -0.0800. The van der Waals surface area contributed by atoms with Crippen molar-refractivity contribution in [1.82, 2.24) is 5.32 Å². The lowest BCUT2D eigenvalue weighted by Gasteiger charge is -2.41. The van der Waals surface area contributed by atoms with Crippen LogP contribution in [0.15, 0.2) is 0 Å². The van der Waals surface area contributed by atoms with Crippen molar-refractivity contribution in [2.75, 3.05) is 19.7 Å². The van der Waals surface area contributed by atoms with Gasteiger partial charge in [-0.3, -0.25) is 0 Å². The van der Waals surface area contributed by atoms with Crippen LogP contribution in [0.25, 0.3) is 0 Å². The van der Waals surface area contributed by atoms with E-state index in [2.05, 4.69) is 5.32 Å². The van der Waals surface area contributed by atoms with Crippen molar-refractivity contribution in [3.63, 3.8) is 0 Å². The molecule has 3 unspecified atom stereocenters. The fourth-order valence-corrected chi connectivity index (χ4v) is 2.92. The molecule has 0 bridgehead atoms. The zero-order chi connectivity index (χ0) is 8.39. The third-order valence-corrected chi connectivity index (χ3v) is 3.62. The van der Waals surface area contributed by atoms with Crippen molar-refractivity contribution in [2.45, 2.75) is 25.7 Å². The molecule has 2 nitrogen and oxygen atoms in total. The predicted molar refractivity (Wildman–Crippen MR) is 48.9 cm³/mol. The van der Waals surface area contributed by atoms with Gasteiger partial charge in [-0.05, 0) is 37.1 Å². The number of hydrogen-bond donors (Lipinski definition) is 2. The summed E-state index contributed by atoms with van der Waals surface area (Å²) in [5, 5.41) is 12.6. The number of nitrogens with one attached hydrogen (secondary N) is 1. The summed E-state index contributed by atoms with van der Waals surface area (Å²) >= 11 is 0. The summed E-state index contributed by atoms with van der Waals surface area (Å²) < 4.78 is 0. The summed E-state index contributed by atoms with van der Waals surface area (Å²) in [6.07, 6.45) is 5.53. The zero-order valence-electron chi connectivity index (χ0n) is 7.63.